The first-order valence-corrected chi connectivity index (χ1v) is 4.30. The molecule has 6 heteroatoms. The molecule has 0 aromatic carbocycles. The Balaban J connectivity index is 2.23. The number of hydrogen-bond acceptors (Lipinski definition) is 4. The fraction of sp³-hybridized carbons (Fsp3) is 0.429. The molecule has 0 amide bonds. The number of aromatic nitrogens is 2. The summed E-state index contributed by atoms with van der Waals surface area (Å²) in [7, 11) is 0. The Bertz CT molecular complexity index is 371. The lowest BCUT2D eigenvalue weighted by atomic mass is 10.1. The fourth-order valence-corrected chi connectivity index (χ4v) is 1.31. The van der Waals surface area contributed by atoms with Crippen molar-refractivity contribution < 1.29 is 0 Å². The minimum absolute atomic E-state index is 0.105. The van der Waals surface area contributed by atoms with Gasteiger partial charge in [0.25, 0.3) is 5.56 Å². The number of nitrogens with one attached hydrogen (secondary N) is 1. The van der Waals surface area contributed by atoms with E-state index in [2.05, 4.69) is 9.97 Å². The summed E-state index contributed by atoms with van der Waals surface area (Å²) in [5.41, 5.74) is 5.27. The quantitative estimate of drug-likeness (QED) is 0.645. The second kappa shape index (κ2) is 3.01. The molecule has 1 saturated heterocycles. The Kier molecular flexibility index (Phi) is 1.97. The number of anilines is 1. The second-order valence-corrected chi connectivity index (χ2v) is 3.46. The van der Waals surface area contributed by atoms with Crippen molar-refractivity contribution >= 4 is 17.5 Å². The van der Waals surface area contributed by atoms with Crippen molar-refractivity contribution in [1.82, 2.24) is 9.97 Å². The molecule has 3 N–H and O–H groups in total. The zero-order chi connectivity index (χ0) is 9.42. The van der Waals surface area contributed by atoms with E-state index < -0.39 is 0 Å². The zero-order valence-electron chi connectivity index (χ0n) is 6.83. The van der Waals surface area contributed by atoms with E-state index in [0.29, 0.717) is 5.95 Å². The number of halogens is 1. The number of aromatic amines is 1. The Labute approximate surface area is 79.5 Å². The summed E-state index contributed by atoms with van der Waals surface area (Å²) in [6.45, 7) is 1.45. The Morgan fingerprint density at radius 3 is 2.92 bits per heavy atom. The molecule has 2 heterocycles. The van der Waals surface area contributed by atoms with Gasteiger partial charge in [0, 0.05) is 19.1 Å². The molecule has 1 aromatic rings. The molecule has 0 atom stereocenters. The fourth-order valence-electron chi connectivity index (χ4n) is 1.22. The molecule has 1 aliphatic heterocycles. The van der Waals surface area contributed by atoms with Gasteiger partial charge < -0.3 is 10.6 Å². The van der Waals surface area contributed by atoms with Gasteiger partial charge in [0.05, 0.1) is 6.20 Å². The van der Waals surface area contributed by atoms with Crippen LogP contribution in [0.5, 0.6) is 0 Å². The third kappa shape index (κ3) is 1.52. The molecule has 0 saturated carbocycles. The summed E-state index contributed by atoms with van der Waals surface area (Å²) >= 11 is 5.53. The van der Waals surface area contributed by atoms with Crippen LogP contribution in [0.3, 0.4) is 0 Å². The lowest BCUT2D eigenvalue weighted by Crippen LogP contribution is -2.56. The van der Waals surface area contributed by atoms with Crippen molar-refractivity contribution in [3.8, 4) is 0 Å². The minimum Gasteiger partial charge on any atom is -0.339 e. The molecule has 0 aliphatic carbocycles. The van der Waals surface area contributed by atoms with Crippen molar-refractivity contribution in [3.63, 3.8) is 0 Å². The molecule has 1 aliphatic rings. The molecular weight excluding hydrogens is 192 g/mol. The van der Waals surface area contributed by atoms with Crippen LogP contribution in [0.4, 0.5) is 5.95 Å². The summed E-state index contributed by atoms with van der Waals surface area (Å²) in [6, 6.07) is 0.181. The first-order chi connectivity index (χ1) is 6.16. The molecule has 0 bridgehead atoms. The largest absolute Gasteiger partial charge is 0.339 e. The topological polar surface area (TPSA) is 75.0 Å². The number of nitrogens with zero attached hydrogens (tertiary/aromatic N) is 2. The standard InChI is InChI=1S/C7H9ClN4O/c8-5-1-10-7(11-6(5)13)12-2-4(9)3-12/h1,4H,2-3,9H2,(H,10,11,13). The van der Waals surface area contributed by atoms with E-state index in [1.54, 1.807) is 0 Å². The second-order valence-electron chi connectivity index (χ2n) is 3.05. The highest BCUT2D eigenvalue weighted by atomic mass is 35.5. The average Bonchev–Trinajstić information content (AvgIpc) is 2.05. The lowest BCUT2D eigenvalue weighted by Gasteiger charge is -2.36. The summed E-state index contributed by atoms with van der Waals surface area (Å²) in [5, 5.41) is 0.105. The predicted octanol–water partition coefficient (Wildman–Crippen LogP) is -0.429. The summed E-state index contributed by atoms with van der Waals surface area (Å²) in [4.78, 5) is 19.5. The smallest absolute Gasteiger partial charge is 0.271 e. The highest BCUT2D eigenvalue weighted by molar-refractivity contribution is 6.30. The molecule has 2 rings (SSSR count). The van der Waals surface area contributed by atoms with Gasteiger partial charge in [-0.15, -0.1) is 0 Å². The highest BCUT2D eigenvalue weighted by Crippen LogP contribution is 2.13. The Hall–Kier alpha value is -1.07. The van der Waals surface area contributed by atoms with E-state index in [-0.39, 0.29) is 16.6 Å². The number of rotatable bonds is 1. The monoisotopic (exact) mass is 200 g/mol. The maximum atomic E-state index is 11.1. The van der Waals surface area contributed by atoms with Gasteiger partial charge in [-0.1, -0.05) is 11.6 Å². The minimum atomic E-state index is -0.313. The Morgan fingerprint density at radius 2 is 2.38 bits per heavy atom. The van der Waals surface area contributed by atoms with E-state index in [1.165, 1.54) is 6.20 Å². The van der Waals surface area contributed by atoms with Gasteiger partial charge >= 0.3 is 0 Å². The van der Waals surface area contributed by atoms with Gasteiger partial charge in [0.2, 0.25) is 5.95 Å². The molecule has 0 unspecified atom stereocenters. The van der Waals surface area contributed by atoms with Crippen LogP contribution >= 0.6 is 11.6 Å². The average molecular weight is 201 g/mol. The van der Waals surface area contributed by atoms with Gasteiger partial charge in [0.15, 0.2) is 0 Å². The summed E-state index contributed by atoms with van der Waals surface area (Å²) in [6.07, 6.45) is 1.35. The van der Waals surface area contributed by atoms with E-state index in [1.807, 2.05) is 4.90 Å². The number of nitrogens with two attached hydrogens (primary N) is 1. The molecule has 1 fully saturated rings. The van der Waals surface area contributed by atoms with Gasteiger partial charge in [0.1, 0.15) is 5.02 Å². The van der Waals surface area contributed by atoms with E-state index >= 15 is 0 Å². The van der Waals surface area contributed by atoms with Crippen LogP contribution < -0.4 is 16.2 Å². The van der Waals surface area contributed by atoms with Gasteiger partial charge in [-0.2, -0.15) is 0 Å². The first kappa shape index (κ1) is 8.52. The third-order valence-electron chi connectivity index (χ3n) is 1.95. The first-order valence-electron chi connectivity index (χ1n) is 3.92. The Morgan fingerprint density at radius 1 is 1.69 bits per heavy atom. The van der Waals surface area contributed by atoms with Gasteiger partial charge in [-0.05, 0) is 0 Å². The van der Waals surface area contributed by atoms with Crippen molar-refractivity contribution in [3.05, 3.63) is 21.6 Å². The van der Waals surface area contributed by atoms with Crippen molar-refractivity contribution in [2.45, 2.75) is 6.04 Å². The maximum Gasteiger partial charge on any atom is 0.271 e. The van der Waals surface area contributed by atoms with Crippen molar-refractivity contribution in [2.75, 3.05) is 18.0 Å². The van der Waals surface area contributed by atoms with Crippen LogP contribution in [-0.4, -0.2) is 29.1 Å². The van der Waals surface area contributed by atoms with Crippen molar-refractivity contribution in [2.24, 2.45) is 5.73 Å². The van der Waals surface area contributed by atoms with Crippen LogP contribution in [0.15, 0.2) is 11.0 Å². The van der Waals surface area contributed by atoms with Crippen LogP contribution in [0, 0.1) is 0 Å². The van der Waals surface area contributed by atoms with Crippen LogP contribution in [0.25, 0.3) is 0 Å². The lowest BCUT2D eigenvalue weighted by molar-refractivity contribution is 0.508. The zero-order valence-corrected chi connectivity index (χ0v) is 7.58. The highest BCUT2D eigenvalue weighted by Gasteiger charge is 2.24. The van der Waals surface area contributed by atoms with E-state index in [0.717, 1.165) is 13.1 Å². The molecule has 5 nitrogen and oxygen atoms in total. The van der Waals surface area contributed by atoms with Gasteiger partial charge in [-0.25, -0.2) is 4.98 Å². The molecule has 13 heavy (non-hydrogen) atoms. The van der Waals surface area contributed by atoms with Crippen molar-refractivity contribution in [1.29, 1.82) is 0 Å². The predicted molar refractivity (Wildman–Crippen MR) is 50.1 cm³/mol. The van der Waals surface area contributed by atoms with Crippen LogP contribution in [0.2, 0.25) is 5.02 Å². The molecular formula is C7H9ClN4O. The molecule has 70 valence electrons. The normalized spacial score (nSPS) is 17.2. The maximum absolute atomic E-state index is 11.1. The van der Waals surface area contributed by atoms with E-state index in [4.69, 9.17) is 17.3 Å². The summed E-state index contributed by atoms with van der Waals surface area (Å²) < 4.78 is 0. The molecule has 0 spiro atoms. The van der Waals surface area contributed by atoms with Crippen LogP contribution in [0.1, 0.15) is 0 Å². The number of H-pyrrole nitrogens is 1. The molecule has 0 radical (unpaired) electrons. The SMILES string of the molecule is NC1CN(c2ncc(Cl)c(=O)[nH]2)C1. The summed E-state index contributed by atoms with van der Waals surface area (Å²) in [5.74, 6) is 0.538. The van der Waals surface area contributed by atoms with Gasteiger partial charge in [-0.3, -0.25) is 9.78 Å². The van der Waals surface area contributed by atoms with Crippen LogP contribution in [-0.2, 0) is 0 Å². The molecule has 1 aromatic heterocycles. The van der Waals surface area contributed by atoms with E-state index in [9.17, 15) is 4.79 Å². The number of hydrogen-bond donors (Lipinski definition) is 2. The third-order valence-corrected chi connectivity index (χ3v) is 2.22.